The molecule has 3 rings (SSSR count). The molecule has 1 aromatic rings. The van der Waals surface area contributed by atoms with Crippen molar-refractivity contribution in [3.8, 4) is 6.07 Å². The third-order valence-electron chi connectivity index (χ3n) is 6.83. The highest BCUT2D eigenvalue weighted by Crippen LogP contribution is 2.46. The third kappa shape index (κ3) is 6.05. The van der Waals surface area contributed by atoms with Crippen LogP contribution in [0.15, 0.2) is 18.2 Å². The Labute approximate surface area is 203 Å². The summed E-state index contributed by atoms with van der Waals surface area (Å²) in [4.78, 5) is 30.4. The number of amides is 2. The lowest BCUT2D eigenvalue weighted by Crippen LogP contribution is -2.45. The molecule has 8 nitrogen and oxygen atoms in total. The molecule has 0 bridgehead atoms. The molecular formula is C24H31F3N4O4. The molecule has 11 heteroatoms. The quantitative estimate of drug-likeness (QED) is 0.540. The van der Waals surface area contributed by atoms with Crippen molar-refractivity contribution >= 4 is 17.5 Å². The Morgan fingerprint density at radius 2 is 1.91 bits per heavy atom. The van der Waals surface area contributed by atoms with E-state index in [4.69, 9.17) is 14.7 Å². The van der Waals surface area contributed by atoms with Crippen LogP contribution in [-0.2, 0) is 25.2 Å². The third-order valence-corrected chi connectivity index (χ3v) is 6.83. The maximum atomic E-state index is 13.6. The molecule has 192 valence electrons. The van der Waals surface area contributed by atoms with Gasteiger partial charge in [0.2, 0.25) is 11.8 Å². The Hall–Kier alpha value is -2.84. The van der Waals surface area contributed by atoms with E-state index in [0.29, 0.717) is 52.1 Å². The molecule has 0 aromatic heterocycles. The number of piperidine rings is 1. The topological polar surface area (TPSA) is 86.1 Å². The minimum atomic E-state index is -4.68. The Morgan fingerprint density at radius 1 is 1.23 bits per heavy atom. The summed E-state index contributed by atoms with van der Waals surface area (Å²) in [5.74, 6) is -0.307. The number of nitriles is 1. The number of rotatable bonds is 7. The molecule has 2 heterocycles. The van der Waals surface area contributed by atoms with Gasteiger partial charge in [0.25, 0.3) is 0 Å². The van der Waals surface area contributed by atoms with Gasteiger partial charge in [-0.1, -0.05) is 0 Å². The van der Waals surface area contributed by atoms with Crippen LogP contribution in [0.4, 0.5) is 18.9 Å². The number of carbonyl (C=O) groups is 2. The molecular weight excluding hydrogens is 465 g/mol. The van der Waals surface area contributed by atoms with Crippen molar-refractivity contribution in [3.05, 3.63) is 29.3 Å². The number of carbonyl (C=O) groups excluding carboxylic acids is 2. The zero-order chi connectivity index (χ0) is 25.8. The first kappa shape index (κ1) is 26.8. The van der Waals surface area contributed by atoms with E-state index in [-0.39, 0.29) is 29.5 Å². The van der Waals surface area contributed by atoms with Gasteiger partial charge in [-0.3, -0.25) is 9.59 Å². The van der Waals surface area contributed by atoms with Gasteiger partial charge in [-0.2, -0.15) is 18.4 Å². The number of nitrogens with zero attached hydrogens (tertiary/aromatic N) is 4. The lowest BCUT2D eigenvalue weighted by Gasteiger charge is -2.39. The molecule has 2 aliphatic rings. The number of hydrogen-bond donors (Lipinski definition) is 0. The average molecular weight is 497 g/mol. The van der Waals surface area contributed by atoms with Crippen LogP contribution < -0.4 is 4.90 Å². The summed E-state index contributed by atoms with van der Waals surface area (Å²) in [6.07, 6.45) is -2.94. The number of halogens is 3. The van der Waals surface area contributed by atoms with Gasteiger partial charge in [-0.15, -0.1) is 0 Å². The highest BCUT2D eigenvalue weighted by Gasteiger charge is 2.49. The van der Waals surface area contributed by atoms with Gasteiger partial charge in [-0.25, -0.2) is 0 Å². The van der Waals surface area contributed by atoms with Gasteiger partial charge in [0.1, 0.15) is 12.6 Å². The van der Waals surface area contributed by atoms with Crippen molar-refractivity contribution in [2.24, 2.45) is 5.41 Å². The number of likely N-dealkylation sites (tertiary alicyclic amines) is 1. The van der Waals surface area contributed by atoms with Crippen LogP contribution in [0.5, 0.6) is 0 Å². The first-order valence-corrected chi connectivity index (χ1v) is 11.4. The standard InChI is InChI=1S/C24H31F3N4O4/c1-29(2)22(33)20-13-23(6-8-30(9-7-23)21(32)15-35-11-10-34-3)16-31(20)18-5-4-17(14-28)19(12-18)24(25,26)27/h4-5,12,20H,6-11,13,15-16H2,1-3H3. The minimum Gasteiger partial charge on any atom is -0.382 e. The molecule has 0 N–H and O–H groups in total. The van der Waals surface area contributed by atoms with Gasteiger partial charge in [-0.05, 0) is 42.9 Å². The van der Waals surface area contributed by atoms with Crippen molar-refractivity contribution in [3.63, 3.8) is 0 Å². The van der Waals surface area contributed by atoms with Crippen LogP contribution in [0.1, 0.15) is 30.4 Å². The summed E-state index contributed by atoms with van der Waals surface area (Å²) in [7, 11) is 4.79. The maximum Gasteiger partial charge on any atom is 0.417 e. The maximum absolute atomic E-state index is 13.6. The van der Waals surface area contributed by atoms with Crippen LogP contribution in [-0.4, -0.2) is 88.3 Å². The van der Waals surface area contributed by atoms with Crippen molar-refractivity contribution in [1.29, 1.82) is 5.26 Å². The molecule has 1 atom stereocenters. The fraction of sp³-hybridized carbons (Fsp3) is 0.625. The molecule has 0 aliphatic carbocycles. The SMILES string of the molecule is COCCOCC(=O)N1CCC2(CC1)CC(C(=O)N(C)C)N(c1ccc(C#N)c(C(F)(F)F)c1)C2. The van der Waals surface area contributed by atoms with Crippen molar-refractivity contribution in [2.45, 2.75) is 31.5 Å². The largest absolute Gasteiger partial charge is 0.417 e. The number of methoxy groups -OCH3 is 1. The lowest BCUT2D eigenvalue weighted by molar-refractivity contribution is -0.139. The monoisotopic (exact) mass is 496 g/mol. The number of benzene rings is 1. The summed E-state index contributed by atoms with van der Waals surface area (Å²) < 4.78 is 51.0. The molecule has 0 radical (unpaired) electrons. The van der Waals surface area contributed by atoms with Crippen LogP contribution in [0, 0.1) is 16.7 Å². The Balaban J connectivity index is 1.79. The van der Waals surface area contributed by atoms with Crippen LogP contribution in [0.3, 0.4) is 0 Å². The molecule has 35 heavy (non-hydrogen) atoms. The average Bonchev–Trinajstić information content (AvgIpc) is 3.19. The zero-order valence-electron chi connectivity index (χ0n) is 20.2. The second-order valence-electron chi connectivity index (χ2n) is 9.35. The number of alkyl halides is 3. The lowest BCUT2D eigenvalue weighted by atomic mass is 9.76. The smallest absolute Gasteiger partial charge is 0.382 e. The van der Waals surface area contributed by atoms with E-state index in [9.17, 15) is 22.8 Å². The van der Waals surface area contributed by atoms with Gasteiger partial charge in [0, 0.05) is 46.5 Å². The minimum absolute atomic E-state index is 0.0321. The molecule has 1 aromatic carbocycles. The predicted octanol–water partition coefficient (Wildman–Crippen LogP) is 2.52. The van der Waals surface area contributed by atoms with Crippen molar-refractivity contribution in [1.82, 2.24) is 9.80 Å². The van der Waals surface area contributed by atoms with Crippen molar-refractivity contribution < 1.29 is 32.2 Å². The second-order valence-corrected chi connectivity index (χ2v) is 9.35. The van der Waals surface area contributed by atoms with Crippen molar-refractivity contribution in [2.75, 3.05) is 65.6 Å². The Bertz CT molecular complexity index is 968. The van der Waals surface area contributed by atoms with E-state index in [1.165, 1.54) is 11.0 Å². The van der Waals surface area contributed by atoms with Crippen LogP contribution in [0.2, 0.25) is 0 Å². The first-order chi connectivity index (χ1) is 16.5. The number of likely N-dealkylation sites (N-methyl/N-ethyl adjacent to an activating group) is 1. The van der Waals surface area contributed by atoms with Gasteiger partial charge in [0.05, 0.1) is 30.4 Å². The van der Waals surface area contributed by atoms with E-state index in [0.717, 1.165) is 12.1 Å². The zero-order valence-corrected chi connectivity index (χ0v) is 20.2. The second kappa shape index (κ2) is 10.8. The highest BCUT2D eigenvalue weighted by molar-refractivity contribution is 5.86. The Morgan fingerprint density at radius 3 is 2.49 bits per heavy atom. The van der Waals surface area contributed by atoms with E-state index in [1.807, 2.05) is 0 Å². The Kier molecular flexibility index (Phi) is 8.28. The van der Waals surface area contributed by atoms with Crippen LogP contribution >= 0.6 is 0 Å². The van der Waals surface area contributed by atoms with E-state index in [2.05, 4.69) is 0 Å². The molecule has 2 fully saturated rings. The summed E-state index contributed by atoms with van der Waals surface area (Å²) in [6.45, 7) is 2.07. The fourth-order valence-electron chi connectivity index (χ4n) is 4.87. The van der Waals surface area contributed by atoms with Crippen LogP contribution in [0.25, 0.3) is 0 Å². The molecule has 2 amide bonds. The van der Waals surface area contributed by atoms with Gasteiger partial charge < -0.3 is 24.2 Å². The number of hydrogen-bond acceptors (Lipinski definition) is 6. The molecule has 0 saturated carbocycles. The predicted molar refractivity (Wildman–Crippen MR) is 122 cm³/mol. The summed E-state index contributed by atoms with van der Waals surface area (Å²) >= 11 is 0. The molecule has 1 spiro atoms. The van der Waals surface area contributed by atoms with E-state index >= 15 is 0 Å². The fourth-order valence-corrected chi connectivity index (χ4v) is 4.87. The normalized spacial score (nSPS) is 19.6. The first-order valence-electron chi connectivity index (χ1n) is 11.4. The number of anilines is 1. The summed E-state index contributed by atoms with van der Waals surface area (Å²) in [5, 5.41) is 9.13. The summed E-state index contributed by atoms with van der Waals surface area (Å²) in [5.41, 5.74) is -1.51. The van der Waals surface area contributed by atoms with Gasteiger partial charge >= 0.3 is 6.18 Å². The molecule has 2 aliphatic heterocycles. The molecule has 1 unspecified atom stereocenters. The highest BCUT2D eigenvalue weighted by atomic mass is 19.4. The molecule has 2 saturated heterocycles. The van der Waals surface area contributed by atoms with E-state index < -0.39 is 23.3 Å². The van der Waals surface area contributed by atoms with E-state index in [1.54, 1.807) is 37.1 Å². The number of ether oxygens (including phenoxy) is 2. The van der Waals surface area contributed by atoms with Gasteiger partial charge in [0.15, 0.2) is 0 Å². The summed E-state index contributed by atoms with van der Waals surface area (Å²) in [6, 6.07) is 4.56.